The maximum atomic E-state index is 13.1. The van der Waals surface area contributed by atoms with Crippen molar-refractivity contribution >= 4 is 34.4 Å². The van der Waals surface area contributed by atoms with Crippen LogP contribution >= 0.6 is 0 Å². The summed E-state index contributed by atoms with van der Waals surface area (Å²) >= 11 is 0. The average Bonchev–Trinajstić information content (AvgIpc) is 3.20. The topological polar surface area (TPSA) is 132 Å². The van der Waals surface area contributed by atoms with E-state index in [0.717, 1.165) is 37.2 Å². The number of carbonyl (C=O) groups is 2. The third-order valence-electron chi connectivity index (χ3n) is 7.14. The van der Waals surface area contributed by atoms with Gasteiger partial charge in [0.05, 0.1) is 22.3 Å². The number of anilines is 1. The van der Waals surface area contributed by atoms with Crippen LogP contribution in [0.1, 0.15) is 57.6 Å². The largest absolute Gasteiger partial charge is 0.368 e. The lowest BCUT2D eigenvalue weighted by atomic mass is 9.93. The summed E-state index contributed by atoms with van der Waals surface area (Å²) in [4.78, 5) is 53.4. The monoisotopic (exact) mass is 532 g/mol. The van der Waals surface area contributed by atoms with Gasteiger partial charge in [-0.15, -0.1) is 0 Å². The Morgan fingerprint density at radius 3 is 2.49 bits per heavy atom. The number of para-hydroxylation sites is 1. The number of aryl methyl sites for hydroxylation is 1. The van der Waals surface area contributed by atoms with Crippen molar-refractivity contribution in [3.8, 4) is 11.8 Å². The smallest absolute Gasteiger partial charge is 0.363 e. The molecule has 1 aromatic carbocycles. The maximum absolute atomic E-state index is 13.1. The zero-order valence-electron chi connectivity index (χ0n) is 22.3. The van der Waals surface area contributed by atoms with Crippen molar-refractivity contribution in [1.29, 1.82) is 0 Å². The van der Waals surface area contributed by atoms with E-state index in [-0.39, 0.29) is 30.3 Å². The minimum absolute atomic E-state index is 0.158. The highest BCUT2D eigenvalue weighted by atomic mass is 16.6. The molecule has 0 aliphatic carbocycles. The third kappa shape index (κ3) is 5.70. The Bertz CT molecular complexity index is 1500. The lowest BCUT2D eigenvalue weighted by Crippen LogP contribution is -2.44. The van der Waals surface area contributed by atoms with Crippen molar-refractivity contribution in [3.05, 3.63) is 62.7 Å². The van der Waals surface area contributed by atoms with Crippen LogP contribution in [0.2, 0.25) is 0 Å². The van der Waals surface area contributed by atoms with Gasteiger partial charge in [0.1, 0.15) is 6.04 Å². The second-order valence-electron chi connectivity index (χ2n) is 9.42. The summed E-state index contributed by atoms with van der Waals surface area (Å²) in [7, 11) is 1.67. The number of nitrogens with one attached hydrogen (secondary N) is 1. The van der Waals surface area contributed by atoms with Crippen LogP contribution in [0, 0.1) is 27.9 Å². The van der Waals surface area contributed by atoms with E-state index in [4.69, 9.17) is 0 Å². The fourth-order valence-electron chi connectivity index (χ4n) is 5.13. The summed E-state index contributed by atoms with van der Waals surface area (Å²) < 4.78 is 2.98. The van der Waals surface area contributed by atoms with Gasteiger partial charge in [-0.2, -0.15) is 0 Å². The predicted molar refractivity (Wildman–Crippen MR) is 147 cm³/mol. The molecule has 1 unspecified atom stereocenters. The van der Waals surface area contributed by atoms with Gasteiger partial charge in [-0.25, -0.2) is 4.79 Å². The maximum Gasteiger partial charge on any atom is 0.363 e. The number of nitro groups is 1. The number of carbonyl (C=O) groups excluding carboxylic acids is 2. The minimum Gasteiger partial charge on any atom is -0.368 e. The highest BCUT2D eigenvalue weighted by molar-refractivity contribution is 6.00. The number of hydrogen-bond donors (Lipinski definition) is 1. The zero-order chi connectivity index (χ0) is 28.1. The van der Waals surface area contributed by atoms with Crippen molar-refractivity contribution in [3.63, 3.8) is 0 Å². The molecule has 2 aromatic heterocycles. The van der Waals surface area contributed by atoms with E-state index in [1.165, 1.54) is 15.2 Å². The summed E-state index contributed by atoms with van der Waals surface area (Å²) in [6, 6.07) is 7.92. The molecular formula is C28H32N6O5. The van der Waals surface area contributed by atoms with E-state index < -0.39 is 16.9 Å². The molecule has 39 heavy (non-hydrogen) atoms. The van der Waals surface area contributed by atoms with Crippen LogP contribution in [0.15, 0.2) is 41.3 Å². The lowest BCUT2D eigenvalue weighted by Gasteiger charge is -2.32. The number of pyridine rings is 1. The number of amides is 2. The Morgan fingerprint density at radius 2 is 1.85 bits per heavy atom. The van der Waals surface area contributed by atoms with Gasteiger partial charge in [-0.05, 0) is 53.3 Å². The predicted octanol–water partition coefficient (Wildman–Crippen LogP) is 3.31. The molecule has 3 aromatic rings. The first-order valence-electron chi connectivity index (χ1n) is 13.2. The molecule has 0 radical (unpaired) electrons. The molecule has 0 spiro atoms. The van der Waals surface area contributed by atoms with Crippen LogP contribution in [-0.2, 0) is 16.6 Å². The zero-order valence-corrected chi connectivity index (χ0v) is 22.3. The van der Waals surface area contributed by atoms with Crippen LogP contribution in [0.4, 0.5) is 11.5 Å². The molecule has 11 nitrogen and oxygen atoms in total. The number of fused-ring (bicyclic) bond motifs is 1. The summed E-state index contributed by atoms with van der Waals surface area (Å²) in [5, 5.41) is 13.1. The minimum atomic E-state index is -0.728. The molecule has 5 rings (SSSR count). The molecule has 2 saturated heterocycles. The fraction of sp³-hybridized carbons (Fsp3) is 0.429. The number of aromatic nitrogens is 3. The van der Waals surface area contributed by atoms with Gasteiger partial charge in [0.2, 0.25) is 11.8 Å². The van der Waals surface area contributed by atoms with Crippen LogP contribution < -0.4 is 15.9 Å². The van der Waals surface area contributed by atoms with E-state index in [2.05, 4.69) is 27.0 Å². The van der Waals surface area contributed by atoms with E-state index in [1.54, 1.807) is 25.4 Å². The Hall–Kier alpha value is -4.46. The van der Waals surface area contributed by atoms with E-state index in [1.807, 2.05) is 26.0 Å². The van der Waals surface area contributed by atoms with Crippen LogP contribution in [-0.4, -0.2) is 43.9 Å². The highest BCUT2D eigenvalue weighted by Crippen LogP contribution is 2.27. The Labute approximate surface area is 226 Å². The van der Waals surface area contributed by atoms with Gasteiger partial charge in [0, 0.05) is 39.0 Å². The number of rotatable bonds is 4. The number of hydrogen-bond acceptors (Lipinski definition) is 7. The van der Waals surface area contributed by atoms with Crippen molar-refractivity contribution in [2.75, 3.05) is 18.0 Å². The molecule has 2 fully saturated rings. The quantitative estimate of drug-likeness (QED) is 0.236. The van der Waals surface area contributed by atoms with Crippen molar-refractivity contribution in [1.82, 2.24) is 19.4 Å². The number of imidazole rings is 1. The van der Waals surface area contributed by atoms with Crippen LogP contribution in [0.5, 0.6) is 0 Å². The van der Waals surface area contributed by atoms with E-state index in [9.17, 15) is 24.5 Å². The van der Waals surface area contributed by atoms with Crippen LogP contribution in [0.3, 0.4) is 0 Å². The number of imide groups is 1. The van der Waals surface area contributed by atoms with Crippen molar-refractivity contribution in [2.45, 2.75) is 52.0 Å². The van der Waals surface area contributed by atoms with Crippen molar-refractivity contribution < 1.29 is 14.5 Å². The molecular weight excluding hydrogens is 500 g/mol. The average molecular weight is 533 g/mol. The number of nitrogens with zero attached hydrogens (tertiary/aromatic N) is 5. The third-order valence-corrected chi connectivity index (χ3v) is 7.14. The number of piperidine rings is 2. The normalized spacial score (nSPS) is 17.6. The summed E-state index contributed by atoms with van der Waals surface area (Å²) in [6.07, 6.45) is 4.63. The fourth-order valence-corrected chi connectivity index (χ4v) is 5.13. The second kappa shape index (κ2) is 11.9. The summed E-state index contributed by atoms with van der Waals surface area (Å²) in [5.41, 5.74) is 2.58. The first-order chi connectivity index (χ1) is 18.8. The standard InChI is InChI=1S/C26H26N6O5.C2H6/c1-29-24-18(6-3-7-20(24)31(26(29)35)21-9-11-23(33)28-25(21)34)5-2-4-17-12-14-30(15-13-17)19-8-10-22(27-16-19)32(36)37;1-2/h3,6-8,10,16-17,21H,4,9,11-15H2,1H3,(H,28,33,34);1-2H3. The molecule has 0 bridgehead atoms. The SMILES string of the molecule is CC.Cn1c(=O)n(C2CCC(=O)NC2=O)c2cccc(C#CCC3CCN(c4ccc([N+](=O)[O-])nc4)CC3)c21. The molecule has 2 aliphatic rings. The lowest BCUT2D eigenvalue weighted by molar-refractivity contribution is -0.389. The Kier molecular flexibility index (Phi) is 8.44. The van der Waals surface area contributed by atoms with Gasteiger partial charge in [0.15, 0.2) is 6.20 Å². The van der Waals surface area contributed by atoms with Gasteiger partial charge >= 0.3 is 11.5 Å². The van der Waals surface area contributed by atoms with Crippen molar-refractivity contribution in [2.24, 2.45) is 13.0 Å². The van der Waals surface area contributed by atoms with Gasteiger partial charge < -0.3 is 15.0 Å². The Balaban J connectivity index is 0.00000172. The molecule has 1 N–H and O–H groups in total. The molecule has 1 atom stereocenters. The highest BCUT2D eigenvalue weighted by Gasteiger charge is 2.31. The summed E-state index contributed by atoms with van der Waals surface area (Å²) in [5.74, 6) is 6.00. The molecule has 11 heteroatoms. The van der Waals surface area contributed by atoms with E-state index >= 15 is 0 Å². The molecule has 4 heterocycles. The molecule has 204 valence electrons. The molecule has 0 saturated carbocycles. The van der Waals surface area contributed by atoms with Crippen LogP contribution in [0.25, 0.3) is 11.0 Å². The molecule has 2 aliphatic heterocycles. The number of benzene rings is 1. The van der Waals surface area contributed by atoms with Gasteiger partial charge in [0.25, 0.3) is 0 Å². The first kappa shape index (κ1) is 27.6. The van der Waals surface area contributed by atoms with E-state index in [0.29, 0.717) is 23.4 Å². The van der Waals surface area contributed by atoms with Gasteiger partial charge in [-0.1, -0.05) is 31.8 Å². The Morgan fingerprint density at radius 1 is 1.10 bits per heavy atom. The van der Waals surface area contributed by atoms with Gasteiger partial charge in [-0.3, -0.25) is 24.0 Å². The first-order valence-corrected chi connectivity index (χ1v) is 13.2. The molecule has 2 amide bonds. The second-order valence-corrected chi connectivity index (χ2v) is 9.42. The summed E-state index contributed by atoms with van der Waals surface area (Å²) in [6.45, 7) is 5.65.